The first kappa shape index (κ1) is 28.9. The van der Waals surface area contributed by atoms with E-state index in [-0.39, 0.29) is 17.0 Å². The molecule has 10 heteroatoms. The topological polar surface area (TPSA) is 126 Å². The van der Waals surface area contributed by atoms with Crippen LogP contribution in [0.15, 0.2) is 125 Å². The summed E-state index contributed by atoms with van der Waals surface area (Å²) in [6.45, 7) is 0. The number of halogens is 1. The van der Waals surface area contributed by atoms with Crippen molar-refractivity contribution in [3.8, 4) is 5.75 Å². The molecule has 0 bridgehead atoms. The molecule has 9 nitrogen and oxygen atoms in total. The zero-order valence-corrected chi connectivity index (χ0v) is 24.0. The lowest BCUT2D eigenvalue weighted by atomic mass is 10.0. The Morgan fingerprint density at radius 1 is 0.698 bits per heavy atom. The van der Waals surface area contributed by atoms with E-state index in [1.54, 1.807) is 78.9 Å². The quantitative estimate of drug-likeness (QED) is 0.0649. The minimum Gasteiger partial charge on any atom is -0.422 e. The predicted molar refractivity (Wildman–Crippen MR) is 168 cm³/mol. The summed E-state index contributed by atoms with van der Waals surface area (Å²) in [4.78, 5) is 50.9. The molecule has 0 aliphatic heterocycles. The SMILES string of the molecule is O=C(N/N=C/c1c(OC(=O)c2ccccc2)ccc2ccccc12)C(=O)Nc1ccccc1C(=O)Nc1ccc(Br)cc1. The number of nitrogens with one attached hydrogen (secondary N) is 3. The van der Waals surface area contributed by atoms with Crippen LogP contribution in [0.5, 0.6) is 5.75 Å². The van der Waals surface area contributed by atoms with Gasteiger partial charge in [0.15, 0.2) is 0 Å². The second kappa shape index (κ2) is 13.4. The second-order valence-electron chi connectivity index (χ2n) is 9.11. The van der Waals surface area contributed by atoms with Crippen LogP contribution in [-0.2, 0) is 9.59 Å². The number of hydrogen-bond donors (Lipinski definition) is 3. The molecule has 0 aliphatic rings. The van der Waals surface area contributed by atoms with Crippen molar-refractivity contribution in [2.75, 3.05) is 10.6 Å². The molecule has 0 saturated carbocycles. The van der Waals surface area contributed by atoms with Gasteiger partial charge in [0.1, 0.15) is 5.75 Å². The van der Waals surface area contributed by atoms with E-state index in [2.05, 4.69) is 37.1 Å². The smallest absolute Gasteiger partial charge is 0.343 e. The van der Waals surface area contributed by atoms with Gasteiger partial charge in [-0.2, -0.15) is 5.10 Å². The fraction of sp³-hybridized carbons (Fsp3) is 0. The molecule has 3 N–H and O–H groups in total. The average molecular weight is 635 g/mol. The number of carbonyl (C=O) groups is 4. The summed E-state index contributed by atoms with van der Waals surface area (Å²) in [5.41, 5.74) is 3.86. The Morgan fingerprint density at radius 2 is 1.40 bits per heavy atom. The molecule has 5 rings (SSSR count). The van der Waals surface area contributed by atoms with Gasteiger partial charge in [0, 0.05) is 15.7 Å². The van der Waals surface area contributed by atoms with Gasteiger partial charge < -0.3 is 15.4 Å². The van der Waals surface area contributed by atoms with E-state index in [0.29, 0.717) is 22.2 Å². The summed E-state index contributed by atoms with van der Waals surface area (Å²) in [6.07, 6.45) is 1.31. The van der Waals surface area contributed by atoms with Gasteiger partial charge in [-0.1, -0.05) is 76.6 Å². The van der Waals surface area contributed by atoms with Crippen molar-refractivity contribution >= 4 is 68.0 Å². The van der Waals surface area contributed by atoms with Crippen molar-refractivity contribution in [3.63, 3.8) is 0 Å². The number of fused-ring (bicyclic) bond motifs is 1. The first-order valence-electron chi connectivity index (χ1n) is 13.0. The van der Waals surface area contributed by atoms with Crippen LogP contribution < -0.4 is 20.8 Å². The maximum absolute atomic E-state index is 12.9. The molecule has 3 amide bonds. The van der Waals surface area contributed by atoms with Crippen LogP contribution >= 0.6 is 15.9 Å². The van der Waals surface area contributed by atoms with Gasteiger partial charge in [0.05, 0.1) is 23.0 Å². The molecule has 43 heavy (non-hydrogen) atoms. The number of carbonyl (C=O) groups excluding carboxylic acids is 4. The van der Waals surface area contributed by atoms with Gasteiger partial charge in [-0.15, -0.1) is 0 Å². The molecule has 0 heterocycles. The fourth-order valence-corrected chi connectivity index (χ4v) is 4.40. The molecular formula is C33H23BrN4O5. The number of esters is 1. The number of anilines is 2. The Morgan fingerprint density at radius 3 is 2.19 bits per heavy atom. The number of hydrogen-bond acceptors (Lipinski definition) is 6. The van der Waals surface area contributed by atoms with Crippen LogP contribution in [0.3, 0.4) is 0 Å². The minimum atomic E-state index is -1.07. The Kier molecular flexibility index (Phi) is 8.99. The van der Waals surface area contributed by atoms with Crippen molar-refractivity contribution in [3.05, 3.63) is 136 Å². The Hall–Kier alpha value is -5.61. The summed E-state index contributed by atoms with van der Waals surface area (Å²) >= 11 is 3.34. The van der Waals surface area contributed by atoms with Crippen molar-refractivity contribution < 1.29 is 23.9 Å². The minimum absolute atomic E-state index is 0.144. The number of ether oxygens (including phenoxy) is 1. The highest BCUT2D eigenvalue weighted by atomic mass is 79.9. The molecule has 5 aromatic carbocycles. The van der Waals surface area contributed by atoms with Crippen LogP contribution in [0, 0.1) is 0 Å². The monoisotopic (exact) mass is 634 g/mol. The lowest BCUT2D eigenvalue weighted by Crippen LogP contribution is -2.33. The lowest BCUT2D eigenvalue weighted by molar-refractivity contribution is -0.136. The van der Waals surface area contributed by atoms with E-state index in [1.165, 1.54) is 18.3 Å². The first-order chi connectivity index (χ1) is 20.9. The summed E-state index contributed by atoms with van der Waals surface area (Å²) in [6, 6.07) is 32.7. The molecule has 0 spiro atoms. The van der Waals surface area contributed by atoms with Gasteiger partial charge in [0.2, 0.25) is 0 Å². The van der Waals surface area contributed by atoms with E-state index in [0.717, 1.165) is 9.86 Å². The van der Waals surface area contributed by atoms with Gasteiger partial charge >= 0.3 is 17.8 Å². The van der Waals surface area contributed by atoms with Gasteiger partial charge in [0.25, 0.3) is 5.91 Å². The fourth-order valence-electron chi connectivity index (χ4n) is 4.14. The summed E-state index contributed by atoms with van der Waals surface area (Å²) < 4.78 is 6.50. The van der Waals surface area contributed by atoms with E-state index >= 15 is 0 Å². The summed E-state index contributed by atoms with van der Waals surface area (Å²) in [5.74, 6) is -2.90. The summed E-state index contributed by atoms with van der Waals surface area (Å²) in [7, 11) is 0. The zero-order chi connectivity index (χ0) is 30.2. The Labute approximate surface area is 254 Å². The first-order valence-corrected chi connectivity index (χ1v) is 13.8. The normalized spacial score (nSPS) is 10.7. The van der Waals surface area contributed by atoms with Gasteiger partial charge in [-0.05, 0) is 65.4 Å². The molecule has 0 aromatic heterocycles. The second-order valence-corrected chi connectivity index (χ2v) is 10.0. The van der Waals surface area contributed by atoms with Gasteiger partial charge in [-0.25, -0.2) is 10.2 Å². The third kappa shape index (κ3) is 7.19. The van der Waals surface area contributed by atoms with E-state index in [4.69, 9.17) is 4.74 Å². The third-order valence-electron chi connectivity index (χ3n) is 6.23. The molecule has 5 aromatic rings. The molecule has 0 aliphatic carbocycles. The van der Waals surface area contributed by atoms with Crippen LogP contribution in [0.4, 0.5) is 11.4 Å². The van der Waals surface area contributed by atoms with Crippen LogP contribution in [-0.4, -0.2) is 29.9 Å². The lowest BCUT2D eigenvalue weighted by Gasteiger charge is -2.11. The number of nitrogens with zero attached hydrogens (tertiary/aromatic N) is 1. The average Bonchev–Trinajstić information content (AvgIpc) is 3.03. The van der Waals surface area contributed by atoms with Crippen molar-refractivity contribution in [2.45, 2.75) is 0 Å². The number of benzene rings is 5. The standard InChI is InChI=1S/C33H23BrN4O5/c34-23-15-17-24(18-16-23)36-30(39)26-12-6-7-13-28(26)37-31(40)32(41)38-35-20-27-25-11-5-4-8-21(25)14-19-29(27)43-33(42)22-9-2-1-3-10-22/h1-20H,(H,36,39)(H,37,40)(H,38,41)/b35-20+. The Bertz CT molecular complexity index is 1860. The zero-order valence-electron chi connectivity index (χ0n) is 22.4. The number of para-hydroxylation sites is 1. The van der Waals surface area contributed by atoms with Crippen LogP contribution in [0.2, 0.25) is 0 Å². The van der Waals surface area contributed by atoms with Crippen LogP contribution in [0.25, 0.3) is 10.8 Å². The maximum Gasteiger partial charge on any atom is 0.343 e. The number of amides is 3. The number of rotatable bonds is 7. The van der Waals surface area contributed by atoms with Crippen molar-refractivity contribution in [1.29, 1.82) is 0 Å². The van der Waals surface area contributed by atoms with E-state index < -0.39 is 23.7 Å². The highest BCUT2D eigenvalue weighted by molar-refractivity contribution is 9.10. The molecule has 0 radical (unpaired) electrons. The number of hydrazone groups is 1. The van der Waals surface area contributed by atoms with E-state index in [9.17, 15) is 19.2 Å². The third-order valence-corrected chi connectivity index (χ3v) is 6.76. The largest absolute Gasteiger partial charge is 0.422 e. The highest BCUT2D eigenvalue weighted by Gasteiger charge is 2.18. The molecule has 0 unspecified atom stereocenters. The molecule has 0 atom stereocenters. The molecule has 212 valence electrons. The van der Waals surface area contributed by atoms with Crippen molar-refractivity contribution in [1.82, 2.24) is 5.43 Å². The molecular weight excluding hydrogens is 612 g/mol. The van der Waals surface area contributed by atoms with Crippen molar-refractivity contribution in [2.24, 2.45) is 5.10 Å². The molecule has 0 saturated heterocycles. The predicted octanol–water partition coefficient (Wildman–Crippen LogP) is 6.16. The highest BCUT2D eigenvalue weighted by Crippen LogP contribution is 2.27. The summed E-state index contributed by atoms with van der Waals surface area (Å²) in [5, 5.41) is 10.7. The Balaban J connectivity index is 1.29. The maximum atomic E-state index is 12.9. The van der Waals surface area contributed by atoms with Crippen LogP contribution in [0.1, 0.15) is 26.3 Å². The molecule has 0 fully saturated rings. The van der Waals surface area contributed by atoms with E-state index in [1.807, 2.05) is 24.3 Å². The van der Waals surface area contributed by atoms with Gasteiger partial charge in [-0.3, -0.25) is 14.4 Å².